The number of aliphatic hydroxyl groups excluding tert-OH is 1. The second-order valence-electron chi connectivity index (χ2n) is 9.07. The molecule has 3 aromatic carbocycles. The topological polar surface area (TPSA) is 94.5 Å². The number of aliphatic hydroxyl groups is 1. The van der Waals surface area contributed by atoms with Crippen molar-refractivity contribution in [3.05, 3.63) is 80.3 Å². The summed E-state index contributed by atoms with van der Waals surface area (Å²) in [5.41, 5.74) is 2.80. The van der Waals surface area contributed by atoms with Gasteiger partial charge in [0, 0.05) is 5.69 Å². The van der Waals surface area contributed by atoms with Gasteiger partial charge in [0.1, 0.15) is 10.8 Å². The van der Waals surface area contributed by atoms with E-state index < -0.39 is 23.5 Å². The van der Waals surface area contributed by atoms with E-state index in [-0.39, 0.29) is 32.7 Å². The van der Waals surface area contributed by atoms with Crippen LogP contribution in [-0.4, -0.2) is 44.7 Å². The highest BCUT2D eigenvalue weighted by atomic mass is 35.5. The Kier molecular flexibility index (Phi) is 8.51. The first-order valence-corrected chi connectivity index (χ1v) is 13.1. The number of ether oxygens (including phenoxy) is 4. The third kappa shape index (κ3) is 4.93. The first-order chi connectivity index (χ1) is 19.1. The zero-order valence-electron chi connectivity index (χ0n) is 22.9. The van der Waals surface area contributed by atoms with Crippen LogP contribution in [0.25, 0.3) is 5.76 Å². The Balaban J connectivity index is 2.05. The third-order valence-electron chi connectivity index (χ3n) is 6.81. The molecule has 1 aliphatic rings. The van der Waals surface area contributed by atoms with Gasteiger partial charge in [-0.3, -0.25) is 14.5 Å². The Labute approximate surface area is 242 Å². The molecule has 0 spiro atoms. The van der Waals surface area contributed by atoms with Gasteiger partial charge in [0.05, 0.1) is 50.1 Å². The first-order valence-electron chi connectivity index (χ1n) is 12.4. The molecule has 1 aliphatic heterocycles. The van der Waals surface area contributed by atoms with Gasteiger partial charge >= 0.3 is 0 Å². The van der Waals surface area contributed by atoms with Gasteiger partial charge in [-0.05, 0) is 67.8 Å². The van der Waals surface area contributed by atoms with Gasteiger partial charge in [0.2, 0.25) is 0 Å². The second-order valence-corrected chi connectivity index (χ2v) is 9.85. The summed E-state index contributed by atoms with van der Waals surface area (Å²) >= 11 is 12.9. The number of hydrogen-bond donors (Lipinski definition) is 1. The molecule has 1 atom stereocenters. The maximum Gasteiger partial charge on any atom is 0.300 e. The van der Waals surface area contributed by atoms with Crippen molar-refractivity contribution in [2.24, 2.45) is 0 Å². The number of halogens is 2. The first kappa shape index (κ1) is 29.1. The summed E-state index contributed by atoms with van der Waals surface area (Å²) in [7, 11) is 4.26. The molecule has 210 valence electrons. The summed E-state index contributed by atoms with van der Waals surface area (Å²) in [5.74, 6) is -1.15. The molecule has 10 heteroatoms. The van der Waals surface area contributed by atoms with Gasteiger partial charge in [-0.1, -0.05) is 35.3 Å². The van der Waals surface area contributed by atoms with Crippen LogP contribution >= 0.6 is 23.2 Å². The van der Waals surface area contributed by atoms with E-state index >= 15 is 0 Å². The highest BCUT2D eigenvalue weighted by molar-refractivity contribution is 6.52. The molecule has 1 heterocycles. The molecule has 3 aromatic rings. The zero-order valence-corrected chi connectivity index (χ0v) is 24.4. The summed E-state index contributed by atoms with van der Waals surface area (Å²) in [4.78, 5) is 28.7. The molecular weight excluding hydrogens is 557 g/mol. The molecule has 0 aromatic heterocycles. The largest absolute Gasteiger partial charge is 0.507 e. The number of anilines is 1. The van der Waals surface area contributed by atoms with Crippen LogP contribution in [0.5, 0.6) is 23.0 Å². The van der Waals surface area contributed by atoms with Crippen LogP contribution in [0.3, 0.4) is 0 Å². The molecule has 0 bridgehead atoms. The normalized spacial score (nSPS) is 16.3. The van der Waals surface area contributed by atoms with Crippen molar-refractivity contribution in [3.63, 3.8) is 0 Å². The summed E-state index contributed by atoms with van der Waals surface area (Å²) in [6.07, 6.45) is 0. The Morgan fingerprint density at radius 1 is 0.900 bits per heavy atom. The summed E-state index contributed by atoms with van der Waals surface area (Å²) in [6.45, 7) is 6.05. The smallest absolute Gasteiger partial charge is 0.300 e. The molecule has 1 amide bonds. The number of methoxy groups -OCH3 is 3. The number of carbonyl (C=O) groups excluding carboxylic acids is 2. The van der Waals surface area contributed by atoms with Crippen molar-refractivity contribution in [1.29, 1.82) is 0 Å². The maximum atomic E-state index is 13.7. The van der Waals surface area contributed by atoms with Crippen molar-refractivity contribution < 1.29 is 33.6 Å². The van der Waals surface area contributed by atoms with Crippen molar-refractivity contribution >= 4 is 46.3 Å². The lowest BCUT2D eigenvalue weighted by Gasteiger charge is -2.27. The van der Waals surface area contributed by atoms with Crippen molar-refractivity contribution in [1.82, 2.24) is 0 Å². The fourth-order valence-electron chi connectivity index (χ4n) is 4.71. The predicted molar refractivity (Wildman–Crippen MR) is 154 cm³/mol. The molecule has 0 saturated carbocycles. The van der Waals surface area contributed by atoms with Gasteiger partial charge in [-0.15, -0.1) is 0 Å². The number of aryl methyl sites for hydroxylation is 2. The number of amides is 1. The van der Waals surface area contributed by atoms with Crippen LogP contribution in [0.4, 0.5) is 5.69 Å². The quantitative estimate of drug-likeness (QED) is 0.179. The van der Waals surface area contributed by atoms with Crippen LogP contribution in [0.2, 0.25) is 10.0 Å². The SMILES string of the molecule is CCOc1cc(C2/C(=C(\O)c3cc(Cl)c(OC)c(Cl)c3OC)C(=O)C(=O)N2c2ccc(C)c(C)c2)ccc1OC. The van der Waals surface area contributed by atoms with E-state index in [1.807, 2.05) is 32.9 Å². The number of Topliss-reactive ketones (excluding diaryl/α,β-unsaturated/α-hetero) is 1. The van der Waals surface area contributed by atoms with Crippen molar-refractivity contribution in [2.45, 2.75) is 26.8 Å². The standard InChI is InChI=1S/C30H29Cl2NO7/c1-7-40-22-13-17(9-11-21(22)37-4)25-23(26(34)19-14-20(31)29(39-6)24(32)28(19)38-5)27(35)30(36)33(25)18-10-8-15(2)16(3)12-18/h8-14,25,34H,7H2,1-6H3/b26-23+. The van der Waals surface area contributed by atoms with E-state index in [1.54, 1.807) is 24.3 Å². The number of carbonyl (C=O) groups is 2. The van der Waals surface area contributed by atoms with Crippen molar-refractivity contribution in [2.75, 3.05) is 32.8 Å². The number of ketones is 1. The third-order valence-corrected chi connectivity index (χ3v) is 7.44. The second kappa shape index (κ2) is 11.7. The number of benzene rings is 3. The molecule has 40 heavy (non-hydrogen) atoms. The lowest BCUT2D eigenvalue weighted by molar-refractivity contribution is -0.132. The monoisotopic (exact) mass is 585 g/mol. The van der Waals surface area contributed by atoms with Crippen LogP contribution in [-0.2, 0) is 9.59 Å². The average Bonchev–Trinajstić information content (AvgIpc) is 3.20. The van der Waals surface area contributed by atoms with E-state index in [1.165, 1.54) is 32.3 Å². The number of rotatable bonds is 8. The number of nitrogens with zero attached hydrogens (tertiary/aromatic N) is 1. The van der Waals surface area contributed by atoms with E-state index in [2.05, 4.69) is 0 Å². The van der Waals surface area contributed by atoms with Gasteiger partial charge in [0.25, 0.3) is 11.7 Å². The molecule has 1 saturated heterocycles. The highest BCUT2D eigenvalue weighted by Gasteiger charge is 2.47. The number of hydrogen-bond acceptors (Lipinski definition) is 7. The summed E-state index contributed by atoms with van der Waals surface area (Å²) < 4.78 is 21.9. The van der Waals surface area contributed by atoms with Crippen LogP contribution < -0.4 is 23.8 Å². The van der Waals surface area contributed by atoms with Gasteiger partial charge in [-0.25, -0.2) is 0 Å². The van der Waals surface area contributed by atoms with Gasteiger partial charge < -0.3 is 24.1 Å². The fraction of sp³-hybridized carbons (Fsp3) is 0.267. The Bertz CT molecular complexity index is 1530. The van der Waals surface area contributed by atoms with E-state index in [4.69, 9.17) is 42.1 Å². The fourth-order valence-corrected chi connectivity index (χ4v) is 5.40. The molecule has 1 unspecified atom stereocenters. The zero-order chi connectivity index (χ0) is 29.3. The predicted octanol–water partition coefficient (Wildman–Crippen LogP) is 6.66. The van der Waals surface area contributed by atoms with Gasteiger partial charge in [0.15, 0.2) is 23.0 Å². The Morgan fingerprint density at radius 2 is 1.60 bits per heavy atom. The summed E-state index contributed by atoms with van der Waals surface area (Å²) in [6, 6.07) is 10.9. The molecule has 8 nitrogen and oxygen atoms in total. The lowest BCUT2D eigenvalue weighted by Crippen LogP contribution is -2.29. The van der Waals surface area contributed by atoms with E-state index in [9.17, 15) is 14.7 Å². The van der Waals surface area contributed by atoms with Crippen LogP contribution in [0.1, 0.15) is 35.2 Å². The lowest BCUT2D eigenvalue weighted by atomic mass is 9.94. The molecule has 1 fully saturated rings. The van der Waals surface area contributed by atoms with Crippen LogP contribution in [0, 0.1) is 13.8 Å². The minimum Gasteiger partial charge on any atom is -0.507 e. The molecule has 0 aliphatic carbocycles. The molecule has 4 rings (SSSR count). The molecule has 1 N–H and O–H groups in total. The molecule has 0 radical (unpaired) electrons. The Hall–Kier alpha value is -3.88. The average molecular weight is 586 g/mol. The van der Waals surface area contributed by atoms with E-state index in [0.717, 1.165) is 11.1 Å². The summed E-state index contributed by atoms with van der Waals surface area (Å²) in [5, 5.41) is 11.8. The van der Waals surface area contributed by atoms with Gasteiger partial charge in [-0.2, -0.15) is 0 Å². The van der Waals surface area contributed by atoms with Crippen LogP contribution in [0.15, 0.2) is 48.0 Å². The maximum absolute atomic E-state index is 13.7. The van der Waals surface area contributed by atoms with Crippen molar-refractivity contribution in [3.8, 4) is 23.0 Å². The minimum absolute atomic E-state index is 0.00191. The molecular formula is C30H29Cl2NO7. The minimum atomic E-state index is -1.03. The Morgan fingerprint density at radius 3 is 2.20 bits per heavy atom. The van der Waals surface area contributed by atoms with E-state index in [0.29, 0.717) is 29.4 Å². The highest BCUT2D eigenvalue weighted by Crippen LogP contribution is 2.48.